The topological polar surface area (TPSA) is 86.4 Å². The first-order chi connectivity index (χ1) is 16.9. The van der Waals surface area contributed by atoms with Crippen molar-refractivity contribution < 1.29 is 19.0 Å². The summed E-state index contributed by atoms with van der Waals surface area (Å²) in [5.41, 5.74) is -0.0323. The van der Waals surface area contributed by atoms with Gasteiger partial charge in [-0.05, 0) is 43.5 Å². The minimum Gasteiger partial charge on any atom is -0.487 e. The molecule has 0 spiro atoms. The molecular formula is C25H33FN6O3. The largest absolute Gasteiger partial charge is 0.487 e. The first kappa shape index (κ1) is 23.6. The van der Waals surface area contributed by atoms with Crippen LogP contribution in [0, 0.1) is 5.82 Å². The fraction of sp³-hybridized carbons (Fsp3) is 0.560. The maximum absolute atomic E-state index is 13.3. The van der Waals surface area contributed by atoms with E-state index in [1.54, 1.807) is 23.0 Å². The van der Waals surface area contributed by atoms with Gasteiger partial charge in [-0.3, -0.25) is 9.69 Å². The molecule has 35 heavy (non-hydrogen) atoms. The van der Waals surface area contributed by atoms with Gasteiger partial charge in [-0.25, -0.2) is 9.18 Å². The minimum absolute atomic E-state index is 0.0200. The molecule has 3 aliphatic rings. The third kappa shape index (κ3) is 5.42. The SMILES string of the molecule is Cn1cc(OC2CCN(C(=O)N3CCC(O)(CC4CC=NN4c4ccc(F)cc4)CC3)CC2)cn1. The molecule has 2 amide bonds. The fourth-order valence-electron chi connectivity index (χ4n) is 5.27. The lowest BCUT2D eigenvalue weighted by molar-refractivity contribution is -0.0269. The molecule has 1 aromatic carbocycles. The van der Waals surface area contributed by atoms with Crippen LogP contribution in [-0.4, -0.2) is 80.9 Å². The second-order valence-corrected chi connectivity index (χ2v) is 9.86. The summed E-state index contributed by atoms with van der Waals surface area (Å²) in [6, 6.07) is 6.33. The first-order valence-corrected chi connectivity index (χ1v) is 12.4. The first-order valence-electron chi connectivity index (χ1n) is 12.4. The molecule has 188 valence electrons. The van der Waals surface area contributed by atoms with Crippen LogP contribution < -0.4 is 9.75 Å². The summed E-state index contributed by atoms with van der Waals surface area (Å²) in [4.78, 5) is 16.9. The Morgan fingerprint density at radius 2 is 1.83 bits per heavy atom. The molecule has 9 nitrogen and oxygen atoms in total. The summed E-state index contributed by atoms with van der Waals surface area (Å²) >= 11 is 0. The number of aromatic nitrogens is 2. The Balaban J connectivity index is 1.09. The highest BCUT2D eigenvalue weighted by Crippen LogP contribution is 2.33. The number of carbonyl (C=O) groups is 1. The quantitative estimate of drug-likeness (QED) is 0.705. The fourth-order valence-corrected chi connectivity index (χ4v) is 5.27. The van der Waals surface area contributed by atoms with E-state index in [1.165, 1.54) is 12.1 Å². The predicted octanol–water partition coefficient (Wildman–Crippen LogP) is 3.00. The van der Waals surface area contributed by atoms with Gasteiger partial charge in [0, 0.05) is 58.7 Å². The Bertz CT molecular complexity index is 1040. The smallest absolute Gasteiger partial charge is 0.320 e. The maximum Gasteiger partial charge on any atom is 0.320 e. The van der Waals surface area contributed by atoms with Crippen LogP contribution in [0.25, 0.3) is 0 Å². The van der Waals surface area contributed by atoms with E-state index in [0.29, 0.717) is 45.4 Å². The molecule has 1 aromatic heterocycles. The Morgan fingerprint density at radius 3 is 2.49 bits per heavy atom. The number of hydrazone groups is 1. The molecule has 4 heterocycles. The van der Waals surface area contributed by atoms with Crippen molar-refractivity contribution in [3.63, 3.8) is 0 Å². The Hall–Kier alpha value is -3.14. The number of likely N-dealkylation sites (tertiary alicyclic amines) is 2. The molecule has 1 unspecified atom stereocenters. The van der Waals surface area contributed by atoms with Crippen molar-refractivity contribution in [2.24, 2.45) is 12.1 Å². The van der Waals surface area contributed by atoms with Gasteiger partial charge in [-0.2, -0.15) is 10.2 Å². The van der Waals surface area contributed by atoms with Crippen molar-refractivity contribution in [3.8, 4) is 5.75 Å². The molecule has 0 radical (unpaired) electrons. The zero-order valence-electron chi connectivity index (χ0n) is 20.1. The number of hydrogen-bond acceptors (Lipinski definition) is 6. The summed E-state index contributed by atoms with van der Waals surface area (Å²) in [5.74, 6) is 0.479. The summed E-state index contributed by atoms with van der Waals surface area (Å²) in [6.07, 6.45) is 9.44. The van der Waals surface area contributed by atoms with E-state index >= 15 is 0 Å². The second-order valence-electron chi connectivity index (χ2n) is 9.86. The van der Waals surface area contributed by atoms with E-state index in [-0.39, 0.29) is 24.0 Å². The Labute approximate surface area is 204 Å². The molecule has 10 heteroatoms. The molecule has 0 aliphatic carbocycles. The maximum atomic E-state index is 13.3. The van der Waals surface area contributed by atoms with Gasteiger partial charge in [0.1, 0.15) is 11.9 Å². The average molecular weight is 485 g/mol. The molecule has 0 bridgehead atoms. The number of piperidine rings is 2. The number of urea groups is 1. The predicted molar refractivity (Wildman–Crippen MR) is 130 cm³/mol. The number of aliphatic hydroxyl groups is 1. The number of halogens is 1. The lowest BCUT2D eigenvalue weighted by Crippen LogP contribution is -2.54. The van der Waals surface area contributed by atoms with Crippen LogP contribution in [0.4, 0.5) is 14.9 Å². The van der Waals surface area contributed by atoms with Crippen LogP contribution in [0.3, 0.4) is 0 Å². The minimum atomic E-state index is -0.849. The number of hydrogen-bond donors (Lipinski definition) is 1. The second kappa shape index (κ2) is 9.85. The van der Waals surface area contributed by atoms with E-state index in [1.807, 2.05) is 34.3 Å². The summed E-state index contributed by atoms with van der Waals surface area (Å²) in [6.45, 7) is 2.39. The van der Waals surface area contributed by atoms with E-state index in [4.69, 9.17) is 4.74 Å². The Morgan fingerprint density at radius 1 is 1.14 bits per heavy atom. The monoisotopic (exact) mass is 484 g/mol. The van der Waals surface area contributed by atoms with Crippen molar-refractivity contribution in [2.45, 2.75) is 56.3 Å². The third-order valence-electron chi connectivity index (χ3n) is 7.30. The van der Waals surface area contributed by atoms with Gasteiger partial charge in [-0.1, -0.05) is 0 Å². The summed E-state index contributed by atoms with van der Waals surface area (Å²) in [7, 11) is 1.86. The number of rotatable bonds is 5. The number of benzene rings is 1. The number of aryl methyl sites for hydroxylation is 1. The van der Waals surface area contributed by atoms with E-state index < -0.39 is 5.60 Å². The number of carbonyl (C=O) groups excluding carboxylic acids is 1. The van der Waals surface area contributed by atoms with E-state index in [2.05, 4.69) is 10.2 Å². The van der Waals surface area contributed by atoms with Crippen molar-refractivity contribution in [2.75, 3.05) is 31.2 Å². The van der Waals surface area contributed by atoms with Crippen LogP contribution in [0.1, 0.15) is 38.5 Å². The standard InChI is InChI=1S/C25H33FN6O3/c1-29-18-23(17-28-29)35-22-7-12-30(13-8-22)24(33)31-14-9-25(34,10-15-31)16-21-6-11-27-32(21)20-4-2-19(26)3-5-20/h2-5,11,17-18,21-22,34H,6-10,12-16H2,1H3. The van der Waals surface area contributed by atoms with E-state index in [9.17, 15) is 14.3 Å². The van der Waals surface area contributed by atoms with Crippen molar-refractivity contribution in [3.05, 3.63) is 42.5 Å². The van der Waals surface area contributed by atoms with Crippen LogP contribution in [0.15, 0.2) is 41.8 Å². The molecule has 1 atom stereocenters. The Kier molecular flexibility index (Phi) is 6.64. The number of amides is 2. The summed E-state index contributed by atoms with van der Waals surface area (Å²) < 4.78 is 21.0. The van der Waals surface area contributed by atoms with Gasteiger partial charge in [0.25, 0.3) is 0 Å². The van der Waals surface area contributed by atoms with Gasteiger partial charge < -0.3 is 19.6 Å². The number of ether oxygens (including phenoxy) is 1. The normalized spacial score (nSPS) is 22.6. The molecule has 1 N–H and O–H groups in total. The zero-order valence-corrected chi connectivity index (χ0v) is 20.1. The van der Waals surface area contributed by atoms with Crippen LogP contribution in [-0.2, 0) is 7.05 Å². The van der Waals surface area contributed by atoms with Crippen LogP contribution >= 0.6 is 0 Å². The highest BCUT2D eigenvalue weighted by atomic mass is 19.1. The molecule has 5 rings (SSSR count). The summed E-state index contributed by atoms with van der Waals surface area (Å²) in [5, 5.41) is 21.7. The van der Waals surface area contributed by atoms with Crippen LogP contribution in [0.2, 0.25) is 0 Å². The average Bonchev–Trinajstić information content (AvgIpc) is 3.48. The number of nitrogens with zero attached hydrogens (tertiary/aromatic N) is 6. The zero-order chi connectivity index (χ0) is 24.4. The lowest BCUT2D eigenvalue weighted by atomic mass is 9.84. The van der Waals surface area contributed by atoms with Crippen LogP contribution in [0.5, 0.6) is 5.75 Å². The van der Waals surface area contributed by atoms with E-state index in [0.717, 1.165) is 30.7 Å². The van der Waals surface area contributed by atoms with Crippen molar-refractivity contribution in [1.29, 1.82) is 0 Å². The van der Waals surface area contributed by atoms with Gasteiger partial charge in [0.15, 0.2) is 5.75 Å². The molecule has 2 aromatic rings. The lowest BCUT2D eigenvalue weighted by Gasteiger charge is -2.42. The molecular weight excluding hydrogens is 451 g/mol. The van der Waals surface area contributed by atoms with Gasteiger partial charge >= 0.3 is 6.03 Å². The molecule has 3 aliphatic heterocycles. The third-order valence-corrected chi connectivity index (χ3v) is 7.30. The molecule has 0 saturated carbocycles. The van der Waals surface area contributed by atoms with Gasteiger partial charge in [0.05, 0.1) is 29.7 Å². The highest BCUT2D eigenvalue weighted by Gasteiger charge is 2.39. The van der Waals surface area contributed by atoms with Crippen molar-refractivity contribution >= 4 is 17.9 Å². The van der Waals surface area contributed by atoms with Crippen molar-refractivity contribution in [1.82, 2.24) is 19.6 Å². The van der Waals surface area contributed by atoms with Gasteiger partial charge in [0.2, 0.25) is 0 Å². The number of anilines is 1. The highest BCUT2D eigenvalue weighted by molar-refractivity contribution is 5.74. The molecule has 2 fully saturated rings. The van der Waals surface area contributed by atoms with Gasteiger partial charge in [-0.15, -0.1) is 0 Å². The molecule has 2 saturated heterocycles.